The zero-order valence-electron chi connectivity index (χ0n) is 34.0. The Morgan fingerprint density at radius 2 is 1.02 bits per heavy atom. The Labute approximate surface area is 357 Å². The lowest BCUT2D eigenvalue weighted by Gasteiger charge is -2.42. The molecule has 3 N–H and O–H groups in total. The molecule has 7 aromatic rings. The Morgan fingerprint density at radius 3 is 1.66 bits per heavy atom. The summed E-state index contributed by atoms with van der Waals surface area (Å²) in [7, 11) is 0. The number of aliphatic imine (C=N–C) groups is 3. The van der Waals surface area contributed by atoms with E-state index in [4.69, 9.17) is 15.0 Å². The lowest BCUT2D eigenvalue weighted by Crippen LogP contribution is -2.59. The van der Waals surface area contributed by atoms with Gasteiger partial charge in [0.15, 0.2) is 6.17 Å². The maximum atomic E-state index is 5.32. The van der Waals surface area contributed by atoms with E-state index in [0.717, 1.165) is 79.6 Å². The number of nitrogens with zero attached hydrogens (tertiary/aromatic N) is 3. The van der Waals surface area contributed by atoms with E-state index in [-0.39, 0.29) is 12.1 Å². The molecule has 6 nitrogen and oxygen atoms in total. The van der Waals surface area contributed by atoms with Gasteiger partial charge in [0.2, 0.25) is 0 Å². The highest BCUT2D eigenvalue weighted by Gasteiger charge is 2.36. The first-order valence-electron chi connectivity index (χ1n) is 21.0. The molecule has 0 aromatic heterocycles. The maximum absolute atomic E-state index is 5.32. The third kappa shape index (κ3) is 8.14. The van der Waals surface area contributed by atoms with Gasteiger partial charge in [0, 0.05) is 17.0 Å². The summed E-state index contributed by atoms with van der Waals surface area (Å²) in [4.78, 5) is 15.8. The van der Waals surface area contributed by atoms with Gasteiger partial charge in [0.05, 0.1) is 0 Å². The quantitative estimate of drug-likeness (QED) is 0.136. The van der Waals surface area contributed by atoms with Crippen molar-refractivity contribution in [2.24, 2.45) is 20.9 Å². The van der Waals surface area contributed by atoms with Crippen molar-refractivity contribution in [2.75, 3.05) is 0 Å². The third-order valence-corrected chi connectivity index (χ3v) is 11.7. The minimum atomic E-state index is -0.512. The highest BCUT2D eigenvalue weighted by Crippen LogP contribution is 2.37. The van der Waals surface area contributed by atoms with E-state index < -0.39 is 11.8 Å². The first-order valence-corrected chi connectivity index (χ1v) is 21.0. The molecular formula is C55H46N6. The van der Waals surface area contributed by atoms with Crippen molar-refractivity contribution in [3.63, 3.8) is 0 Å². The van der Waals surface area contributed by atoms with E-state index in [1.165, 1.54) is 5.57 Å². The lowest BCUT2D eigenvalue weighted by atomic mass is 9.88. The highest BCUT2D eigenvalue weighted by molar-refractivity contribution is 6.15. The van der Waals surface area contributed by atoms with Crippen LogP contribution in [0, 0.1) is 5.92 Å². The third-order valence-electron chi connectivity index (χ3n) is 11.7. The first kappa shape index (κ1) is 37.8. The summed E-state index contributed by atoms with van der Waals surface area (Å²) >= 11 is 0. The van der Waals surface area contributed by atoms with Crippen molar-refractivity contribution < 1.29 is 0 Å². The van der Waals surface area contributed by atoms with Gasteiger partial charge < -0.3 is 10.6 Å². The molecule has 2 heterocycles. The summed E-state index contributed by atoms with van der Waals surface area (Å²) < 4.78 is 0. The molecule has 1 aliphatic carbocycles. The second-order valence-corrected chi connectivity index (χ2v) is 15.9. The van der Waals surface area contributed by atoms with Crippen LogP contribution in [0.15, 0.2) is 227 Å². The van der Waals surface area contributed by atoms with Crippen LogP contribution in [0.25, 0.3) is 27.8 Å². The first-order chi connectivity index (χ1) is 30.0. The van der Waals surface area contributed by atoms with Crippen molar-refractivity contribution in [3.05, 3.63) is 246 Å². The van der Waals surface area contributed by atoms with Gasteiger partial charge >= 0.3 is 0 Å². The van der Waals surface area contributed by atoms with E-state index in [1.807, 2.05) is 36.4 Å². The van der Waals surface area contributed by atoms with Gasteiger partial charge in [-0.25, -0.2) is 15.0 Å². The molecule has 3 unspecified atom stereocenters. The molecule has 0 bridgehead atoms. The maximum Gasteiger partial charge on any atom is 0.169 e. The Balaban J connectivity index is 1.03. The molecule has 61 heavy (non-hydrogen) atoms. The fourth-order valence-electron chi connectivity index (χ4n) is 8.47. The molecule has 0 radical (unpaired) electrons. The average molecular weight is 791 g/mol. The van der Waals surface area contributed by atoms with Crippen molar-refractivity contribution in [1.29, 1.82) is 0 Å². The van der Waals surface area contributed by atoms with Gasteiger partial charge in [-0.05, 0) is 87.7 Å². The van der Waals surface area contributed by atoms with Crippen molar-refractivity contribution >= 4 is 23.1 Å². The molecule has 3 atom stereocenters. The number of hydrogen-bond donors (Lipinski definition) is 3. The zero-order valence-corrected chi connectivity index (χ0v) is 34.0. The molecule has 0 spiro atoms. The average Bonchev–Trinajstić information content (AvgIpc) is 3.35. The summed E-state index contributed by atoms with van der Waals surface area (Å²) in [6.07, 6.45) is 7.12. The van der Waals surface area contributed by atoms with Crippen LogP contribution in [0.1, 0.15) is 59.1 Å². The molecule has 0 saturated heterocycles. The SMILES string of the molecule is CC1(c2ccccc2)NC(C2C=C(c3cccc(-c4cc(-c5ccccc5)cc(C5N=C(c6ccccc6)NC(c6ccccc6)=N5)c4)c3)C=CC2)=NC(c2ccccc2)N1. The van der Waals surface area contributed by atoms with E-state index in [9.17, 15) is 0 Å². The van der Waals surface area contributed by atoms with Crippen LogP contribution < -0.4 is 16.0 Å². The monoisotopic (exact) mass is 790 g/mol. The van der Waals surface area contributed by atoms with Gasteiger partial charge in [-0.1, -0.05) is 188 Å². The van der Waals surface area contributed by atoms with E-state index in [0.29, 0.717) is 0 Å². The van der Waals surface area contributed by atoms with Crippen molar-refractivity contribution in [1.82, 2.24) is 16.0 Å². The molecule has 0 amide bonds. The summed E-state index contributed by atoms with van der Waals surface area (Å²) in [5.74, 6) is 2.64. The van der Waals surface area contributed by atoms with E-state index >= 15 is 0 Å². The van der Waals surface area contributed by atoms with Crippen LogP contribution >= 0.6 is 0 Å². The van der Waals surface area contributed by atoms with Gasteiger partial charge in [0.25, 0.3) is 0 Å². The fourth-order valence-corrected chi connectivity index (χ4v) is 8.47. The van der Waals surface area contributed by atoms with Crippen LogP contribution in [0.2, 0.25) is 0 Å². The summed E-state index contributed by atoms with van der Waals surface area (Å²) in [6, 6.07) is 67.9. The van der Waals surface area contributed by atoms with Gasteiger partial charge in [-0.15, -0.1) is 0 Å². The summed E-state index contributed by atoms with van der Waals surface area (Å²) in [5, 5.41) is 11.2. The highest BCUT2D eigenvalue weighted by atomic mass is 15.3. The molecule has 296 valence electrons. The van der Waals surface area contributed by atoms with Crippen molar-refractivity contribution in [3.8, 4) is 22.3 Å². The van der Waals surface area contributed by atoms with Crippen LogP contribution in [0.5, 0.6) is 0 Å². The standard InChI is InChI=1S/C55H46N6/c1-55(49-31-15-6-16-32-49)60-53(41-25-13-5-14-26-41)59-54(61-55)45-30-18-28-43(34-45)42-27-17-29-44(33-42)47-35-46(38-19-7-2-8-20-38)36-48(37-47)52-57-50(39-21-9-3-10-22-39)56-51(58-52)40-23-11-4-12-24-40/h2-29,31-37,45,52-53,60H,30H2,1H3,(H,59,61)(H,56,57,58). The minimum Gasteiger partial charge on any atom is -0.352 e. The Kier molecular flexibility index (Phi) is 10.3. The Morgan fingerprint density at radius 1 is 0.492 bits per heavy atom. The molecule has 2 aliphatic heterocycles. The van der Waals surface area contributed by atoms with Gasteiger partial charge in [-0.3, -0.25) is 5.32 Å². The largest absolute Gasteiger partial charge is 0.352 e. The number of benzene rings is 7. The number of allylic oxidation sites excluding steroid dienone is 3. The van der Waals surface area contributed by atoms with Crippen LogP contribution in [0.3, 0.4) is 0 Å². The predicted molar refractivity (Wildman–Crippen MR) is 251 cm³/mol. The van der Waals surface area contributed by atoms with E-state index in [1.54, 1.807) is 0 Å². The molecule has 6 heteroatoms. The molecule has 3 aliphatic rings. The normalized spacial score (nSPS) is 20.0. The van der Waals surface area contributed by atoms with Crippen LogP contribution in [-0.2, 0) is 5.66 Å². The lowest BCUT2D eigenvalue weighted by molar-refractivity contribution is 0.271. The molecule has 0 saturated carbocycles. The summed E-state index contributed by atoms with van der Waals surface area (Å²) in [6.45, 7) is 2.21. The Hall–Kier alpha value is -7.41. The van der Waals surface area contributed by atoms with Crippen LogP contribution in [-0.4, -0.2) is 17.5 Å². The summed E-state index contributed by atoms with van der Waals surface area (Å²) in [5.41, 5.74) is 11.7. The van der Waals surface area contributed by atoms with E-state index in [2.05, 4.69) is 199 Å². The number of nitrogens with one attached hydrogen (secondary N) is 3. The molecule has 0 fully saturated rings. The van der Waals surface area contributed by atoms with Gasteiger partial charge in [0.1, 0.15) is 29.3 Å². The zero-order chi connectivity index (χ0) is 41.0. The number of hydrogen-bond acceptors (Lipinski definition) is 6. The van der Waals surface area contributed by atoms with Gasteiger partial charge in [-0.2, -0.15) is 0 Å². The number of amidine groups is 3. The van der Waals surface area contributed by atoms with Crippen LogP contribution in [0.4, 0.5) is 0 Å². The predicted octanol–water partition coefficient (Wildman–Crippen LogP) is 11.6. The second-order valence-electron chi connectivity index (χ2n) is 15.9. The number of rotatable bonds is 9. The molecule has 10 rings (SSSR count). The van der Waals surface area contributed by atoms with Crippen molar-refractivity contribution in [2.45, 2.75) is 31.3 Å². The smallest absolute Gasteiger partial charge is 0.169 e. The minimum absolute atomic E-state index is 0.0706. The molecule has 7 aromatic carbocycles. The fraction of sp³-hybridized carbons (Fsp3) is 0.109. The Bertz CT molecular complexity index is 2760. The molecular weight excluding hydrogens is 745 g/mol. The topological polar surface area (TPSA) is 73.2 Å². The second kappa shape index (κ2) is 16.7.